The first-order chi connectivity index (χ1) is 16.1. The van der Waals surface area contributed by atoms with E-state index >= 15 is 0 Å². The Morgan fingerprint density at radius 2 is 1.67 bits per heavy atom. The van der Waals surface area contributed by atoms with Gasteiger partial charge in [-0.1, -0.05) is 24.5 Å². The van der Waals surface area contributed by atoms with Crippen LogP contribution in [-0.2, 0) is 4.74 Å². The van der Waals surface area contributed by atoms with Crippen molar-refractivity contribution in [2.75, 3.05) is 13.2 Å². The number of ether oxygens (including phenoxy) is 2. The molecule has 4 atom stereocenters. The van der Waals surface area contributed by atoms with Gasteiger partial charge in [0.2, 0.25) is 0 Å². The van der Waals surface area contributed by atoms with Gasteiger partial charge < -0.3 is 9.47 Å². The van der Waals surface area contributed by atoms with E-state index in [0.717, 1.165) is 50.7 Å². The summed E-state index contributed by atoms with van der Waals surface area (Å²) in [5.74, 6) is 6.60. The topological polar surface area (TPSA) is 18.5 Å². The van der Waals surface area contributed by atoms with E-state index in [2.05, 4.69) is 25.3 Å². The molecule has 2 aliphatic carbocycles. The van der Waals surface area contributed by atoms with Gasteiger partial charge in [-0.05, 0) is 105 Å². The summed E-state index contributed by atoms with van der Waals surface area (Å²) in [7, 11) is 0. The first-order valence-corrected chi connectivity index (χ1v) is 12.0. The van der Waals surface area contributed by atoms with E-state index in [1.807, 2.05) is 0 Å². The normalized spacial score (nSPS) is 24.3. The SMILES string of the molecule is C=CCOc1ccc(C#Cc2c(F)cc(C3CCC4CC(OCC)CCC4C3)cc2F)cc1. The second-order valence-corrected chi connectivity index (χ2v) is 9.15. The first-order valence-electron chi connectivity index (χ1n) is 12.0. The quantitative estimate of drug-likeness (QED) is 0.348. The Morgan fingerprint density at radius 1 is 0.970 bits per heavy atom. The van der Waals surface area contributed by atoms with Crippen LogP contribution in [0, 0.1) is 35.3 Å². The Kier molecular flexibility index (Phi) is 7.83. The van der Waals surface area contributed by atoms with Gasteiger partial charge in [-0.3, -0.25) is 0 Å². The van der Waals surface area contributed by atoms with Crippen molar-refractivity contribution < 1.29 is 18.3 Å². The van der Waals surface area contributed by atoms with Gasteiger partial charge in [-0.25, -0.2) is 8.78 Å². The molecule has 0 bridgehead atoms. The molecule has 4 rings (SSSR count). The van der Waals surface area contributed by atoms with E-state index in [-0.39, 0.29) is 11.5 Å². The standard InChI is InChI=1S/C29H32F2O2/c1-3-15-33-25-11-5-20(6-12-25)7-14-27-28(30)18-24(19-29(27)31)22-8-9-23-17-26(32-4-2)13-10-21(23)16-22/h3,5-6,11-12,18-19,21-23,26H,1,4,8-10,13,15-17H2,2H3. The molecule has 0 radical (unpaired) electrons. The van der Waals surface area contributed by atoms with E-state index in [0.29, 0.717) is 35.9 Å². The molecule has 2 aliphatic rings. The van der Waals surface area contributed by atoms with E-state index in [1.54, 1.807) is 30.3 Å². The average Bonchev–Trinajstić information content (AvgIpc) is 2.82. The summed E-state index contributed by atoms with van der Waals surface area (Å²) in [5.41, 5.74) is 1.27. The Morgan fingerprint density at radius 3 is 2.36 bits per heavy atom. The molecule has 4 heteroatoms. The lowest BCUT2D eigenvalue weighted by atomic mass is 9.65. The van der Waals surface area contributed by atoms with Crippen molar-refractivity contribution in [2.45, 2.75) is 57.5 Å². The zero-order valence-electron chi connectivity index (χ0n) is 19.3. The number of hydrogen-bond donors (Lipinski definition) is 0. The molecule has 4 unspecified atom stereocenters. The predicted molar refractivity (Wildman–Crippen MR) is 127 cm³/mol. The van der Waals surface area contributed by atoms with Crippen molar-refractivity contribution in [1.82, 2.24) is 0 Å². The molecule has 33 heavy (non-hydrogen) atoms. The van der Waals surface area contributed by atoms with Gasteiger partial charge in [0.25, 0.3) is 0 Å². The number of rotatable bonds is 6. The Bertz CT molecular complexity index is 995. The Hall–Kier alpha value is -2.64. The maximum absolute atomic E-state index is 14.9. The third-order valence-corrected chi connectivity index (χ3v) is 7.06. The molecule has 0 aromatic heterocycles. The molecule has 0 spiro atoms. The molecule has 2 fully saturated rings. The minimum atomic E-state index is -0.578. The van der Waals surface area contributed by atoms with Crippen molar-refractivity contribution in [3.63, 3.8) is 0 Å². The van der Waals surface area contributed by atoms with Crippen LogP contribution in [-0.4, -0.2) is 19.3 Å². The third-order valence-electron chi connectivity index (χ3n) is 7.06. The van der Waals surface area contributed by atoms with Crippen LogP contribution >= 0.6 is 0 Å². The van der Waals surface area contributed by atoms with Gasteiger partial charge >= 0.3 is 0 Å². The fourth-order valence-corrected chi connectivity index (χ4v) is 5.41. The average molecular weight is 451 g/mol. The van der Waals surface area contributed by atoms with Crippen molar-refractivity contribution in [3.8, 4) is 17.6 Å². The maximum Gasteiger partial charge on any atom is 0.142 e. The molecule has 0 amide bonds. The van der Waals surface area contributed by atoms with Gasteiger partial charge in [0.05, 0.1) is 11.7 Å². The minimum Gasteiger partial charge on any atom is -0.490 e. The Balaban J connectivity index is 1.43. The molecular weight excluding hydrogens is 418 g/mol. The van der Waals surface area contributed by atoms with Gasteiger partial charge in [0, 0.05) is 12.2 Å². The van der Waals surface area contributed by atoms with Crippen LogP contribution in [0.3, 0.4) is 0 Å². The van der Waals surface area contributed by atoms with Crippen LogP contribution in [0.25, 0.3) is 0 Å². The van der Waals surface area contributed by atoms with Crippen LogP contribution in [0.1, 0.15) is 68.1 Å². The van der Waals surface area contributed by atoms with Crippen molar-refractivity contribution in [3.05, 3.63) is 77.4 Å². The van der Waals surface area contributed by atoms with E-state index in [9.17, 15) is 8.78 Å². The lowest BCUT2D eigenvalue weighted by Gasteiger charge is -2.42. The molecule has 0 saturated heterocycles. The summed E-state index contributed by atoms with van der Waals surface area (Å²) in [6.07, 6.45) is 8.52. The monoisotopic (exact) mass is 450 g/mol. The lowest BCUT2D eigenvalue weighted by Crippen LogP contribution is -2.33. The number of benzene rings is 2. The lowest BCUT2D eigenvalue weighted by molar-refractivity contribution is -0.00957. The minimum absolute atomic E-state index is 0.170. The molecule has 2 saturated carbocycles. The zero-order valence-corrected chi connectivity index (χ0v) is 19.3. The zero-order chi connectivity index (χ0) is 23.2. The van der Waals surface area contributed by atoms with Crippen molar-refractivity contribution in [1.29, 1.82) is 0 Å². The molecule has 2 aromatic rings. The van der Waals surface area contributed by atoms with Gasteiger partial charge in [-0.15, -0.1) is 0 Å². The smallest absolute Gasteiger partial charge is 0.142 e. The first kappa shape index (κ1) is 23.5. The number of fused-ring (bicyclic) bond motifs is 1. The summed E-state index contributed by atoms with van der Waals surface area (Å²) < 4.78 is 41.0. The summed E-state index contributed by atoms with van der Waals surface area (Å²) in [6, 6.07) is 10.1. The molecule has 174 valence electrons. The fraction of sp³-hybridized carbons (Fsp3) is 0.448. The molecule has 2 nitrogen and oxygen atoms in total. The largest absolute Gasteiger partial charge is 0.490 e. The second kappa shape index (κ2) is 11.0. The van der Waals surface area contributed by atoms with Gasteiger partial charge in [0.1, 0.15) is 24.0 Å². The summed E-state index contributed by atoms with van der Waals surface area (Å²) in [6.45, 7) is 6.86. The molecule has 0 heterocycles. The maximum atomic E-state index is 14.9. The molecule has 2 aromatic carbocycles. The van der Waals surface area contributed by atoms with Gasteiger partial charge in [-0.2, -0.15) is 0 Å². The van der Waals surface area contributed by atoms with Crippen molar-refractivity contribution in [2.24, 2.45) is 11.8 Å². The summed E-state index contributed by atoms with van der Waals surface area (Å²) in [5, 5.41) is 0. The highest BCUT2D eigenvalue weighted by Gasteiger charge is 2.36. The number of halogens is 2. The van der Waals surface area contributed by atoms with E-state index in [1.165, 1.54) is 12.1 Å². The van der Waals surface area contributed by atoms with Crippen LogP contribution < -0.4 is 4.74 Å². The predicted octanol–water partition coefficient (Wildman–Crippen LogP) is 7.02. The van der Waals surface area contributed by atoms with Crippen LogP contribution in [0.2, 0.25) is 0 Å². The van der Waals surface area contributed by atoms with Gasteiger partial charge in [0.15, 0.2) is 0 Å². The molecular formula is C29H32F2O2. The summed E-state index contributed by atoms with van der Waals surface area (Å²) in [4.78, 5) is 0. The van der Waals surface area contributed by atoms with Crippen LogP contribution in [0.15, 0.2) is 49.1 Å². The molecule has 0 N–H and O–H groups in total. The van der Waals surface area contributed by atoms with E-state index in [4.69, 9.17) is 9.47 Å². The highest BCUT2D eigenvalue weighted by molar-refractivity contribution is 5.46. The molecule has 0 aliphatic heterocycles. The van der Waals surface area contributed by atoms with Crippen molar-refractivity contribution >= 4 is 0 Å². The van der Waals surface area contributed by atoms with Crippen LogP contribution in [0.4, 0.5) is 8.78 Å². The summed E-state index contributed by atoms with van der Waals surface area (Å²) >= 11 is 0. The fourth-order valence-electron chi connectivity index (χ4n) is 5.41. The number of hydrogen-bond acceptors (Lipinski definition) is 2. The highest BCUT2D eigenvalue weighted by atomic mass is 19.1. The van der Waals surface area contributed by atoms with E-state index < -0.39 is 11.6 Å². The Labute approximate surface area is 196 Å². The second-order valence-electron chi connectivity index (χ2n) is 9.15. The highest BCUT2D eigenvalue weighted by Crippen LogP contribution is 2.46. The third kappa shape index (κ3) is 5.84. The van der Waals surface area contributed by atoms with Crippen LogP contribution in [0.5, 0.6) is 5.75 Å².